The molecule has 150 valence electrons. The standard InChI is InChI=1S/C20H27FN6O/c1-14-20-18(26(4)24-14)13-22-27(20)12-10-19(28)23-17(9-11-25(2)3)15-5-7-16(21)8-6-15/h5-8,13,17H,9-12H2,1-4H3,(H,23,28). The van der Waals surface area contributed by atoms with E-state index in [0.29, 0.717) is 13.0 Å². The minimum Gasteiger partial charge on any atom is -0.349 e. The first-order chi connectivity index (χ1) is 13.3. The van der Waals surface area contributed by atoms with E-state index in [1.165, 1.54) is 12.1 Å². The van der Waals surface area contributed by atoms with Gasteiger partial charge < -0.3 is 10.2 Å². The lowest BCUT2D eigenvalue weighted by Crippen LogP contribution is -2.31. The molecule has 1 atom stereocenters. The van der Waals surface area contributed by atoms with Crippen molar-refractivity contribution in [2.24, 2.45) is 7.05 Å². The van der Waals surface area contributed by atoms with Gasteiger partial charge in [0.2, 0.25) is 5.91 Å². The molecule has 0 aliphatic rings. The quantitative estimate of drug-likeness (QED) is 0.646. The third-order valence-corrected chi connectivity index (χ3v) is 4.83. The van der Waals surface area contributed by atoms with E-state index < -0.39 is 0 Å². The number of carbonyl (C=O) groups is 1. The average molecular weight is 386 g/mol. The zero-order valence-electron chi connectivity index (χ0n) is 16.8. The number of benzene rings is 1. The van der Waals surface area contributed by atoms with Gasteiger partial charge in [0.1, 0.15) is 16.9 Å². The second kappa shape index (κ2) is 8.52. The predicted molar refractivity (Wildman–Crippen MR) is 106 cm³/mol. The Morgan fingerprint density at radius 1 is 1.29 bits per heavy atom. The third kappa shape index (κ3) is 4.56. The van der Waals surface area contributed by atoms with Crippen molar-refractivity contribution >= 4 is 16.9 Å². The lowest BCUT2D eigenvalue weighted by molar-refractivity contribution is -0.122. The van der Waals surface area contributed by atoms with E-state index in [-0.39, 0.29) is 17.8 Å². The molecule has 1 amide bonds. The molecule has 3 rings (SSSR count). The maximum absolute atomic E-state index is 13.3. The molecule has 1 unspecified atom stereocenters. The van der Waals surface area contributed by atoms with Gasteiger partial charge in [-0.25, -0.2) is 4.39 Å². The number of rotatable bonds is 8. The van der Waals surface area contributed by atoms with Crippen LogP contribution in [0, 0.1) is 12.7 Å². The van der Waals surface area contributed by atoms with Gasteiger partial charge in [-0.1, -0.05) is 12.1 Å². The Balaban J connectivity index is 1.66. The summed E-state index contributed by atoms with van der Waals surface area (Å²) in [4.78, 5) is 14.7. The van der Waals surface area contributed by atoms with Crippen LogP contribution in [0.25, 0.3) is 11.0 Å². The van der Waals surface area contributed by atoms with E-state index in [1.807, 2.05) is 32.7 Å². The highest BCUT2D eigenvalue weighted by Gasteiger charge is 2.17. The molecule has 28 heavy (non-hydrogen) atoms. The van der Waals surface area contributed by atoms with Gasteiger partial charge in [-0.05, 0) is 51.7 Å². The fourth-order valence-corrected chi connectivity index (χ4v) is 3.36. The van der Waals surface area contributed by atoms with Gasteiger partial charge in [0.15, 0.2) is 0 Å². The Labute approximate surface area is 164 Å². The van der Waals surface area contributed by atoms with Crippen LogP contribution in [0.1, 0.15) is 30.1 Å². The maximum Gasteiger partial charge on any atom is 0.222 e. The van der Waals surface area contributed by atoms with E-state index in [4.69, 9.17) is 0 Å². The zero-order valence-corrected chi connectivity index (χ0v) is 16.8. The van der Waals surface area contributed by atoms with Gasteiger partial charge in [-0.15, -0.1) is 0 Å². The zero-order chi connectivity index (χ0) is 20.3. The molecule has 0 spiro atoms. The molecule has 2 aromatic heterocycles. The van der Waals surface area contributed by atoms with E-state index in [9.17, 15) is 9.18 Å². The van der Waals surface area contributed by atoms with Gasteiger partial charge in [-0.2, -0.15) is 10.2 Å². The Morgan fingerprint density at radius 2 is 2.00 bits per heavy atom. The lowest BCUT2D eigenvalue weighted by atomic mass is 10.0. The largest absolute Gasteiger partial charge is 0.349 e. The van der Waals surface area contributed by atoms with Gasteiger partial charge >= 0.3 is 0 Å². The minimum absolute atomic E-state index is 0.0572. The van der Waals surface area contributed by atoms with Gasteiger partial charge in [0.05, 0.1) is 24.5 Å². The maximum atomic E-state index is 13.3. The van der Waals surface area contributed by atoms with E-state index in [0.717, 1.165) is 35.3 Å². The fraction of sp³-hybridized carbons (Fsp3) is 0.450. The molecule has 7 nitrogen and oxygen atoms in total. The number of hydrogen-bond acceptors (Lipinski definition) is 4. The van der Waals surface area contributed by atoms with Crippen LogP contribution in [-0.2, 0) is 18.4 Å². The highest BCUT2D eigenvalue weighted by Crippen LogP contribution is 2.19. The Bertz CT molecular complexity index is 944. The van der Waals surface area contributed by atoms with Crippen LogP contribution < -0.4 is 5.32 Å². The molecular formula is C20H27FN6O. The molecule has 0 saturated carbocycles. The summed E-state index contributed by atoms with van der Waals surface area (Å²) in [5, 5.41) is 11.9. The number of aryl methyl sites for hydroxylation is 3. The summed E-state index contributed by atoms with van der Waals surface area (Å²) in [5.41, 5.74) is 3.71. The van der Waals surface area contributed by atoms with Crippen molar-refractivity contribution in [1.29, 1.82) is 0 Å². The van der Waals surface area contributed by atoms with Crippen LogP contribution >= 0.6 is 0 Å². The molecule has 0 aliphatic carbocycles. The van der Waals surface area contributed by atoms with Gasteiger partial charge in [0, 0.05) is 13.5 Å². The fourth-order valence-electron chi connectivity index (χ4n) is 3.36. The number of amides is 1. The van der Waals surface area contributed by atoms with Crippen molar-refractivity contribution in [2.75, 3.05) is 20.6 Å². The van der Waals surface area contributed by atoms with Crippen molar-refractivity contribution in [3.05, 3.63) is 47.5 Å². The molecule has 8 heteroatoms. The van der Waals surface area contributed by atoms with Gasteiger partial charge in [-0.3, -0.25) is 14.2 Å². The number of nitrogens with one attached hydrogen (secondary N) is 1. The summed E-state index contributed by atoms with van der Waals surface area (Å²) >= 11 is 0. The summed E-state index contributed by atoms with van der Waals surface area (Å²) in [7, 11) is 5.86. The van der Waals surface area contributed by atoms with Gasteiger partial charge in [0.25, 0.3) is 0 Å². The summed E-state index contributed by atoms with van der Waals surface area (Å²) in [6, 6.07) is 6.15. The van der Waals surface area contributed by atoms with Crippen molar-refractivity contribution in [3.63, 3.8) is 0 Å². The molecular weight excluding hydrogens is 359 g/mol. The number of hydrogen-bond donors (Lipinski definition) is 1. The van der Waals surface area contributed by atoms with Crippen molar-refractivity contribution in [1.82, 2.24) is 29.8 Å². The first kappa shape index (κ1) is 20.0. The Kier molecular flexibility index (Phi) is 6.08. The molecule has 0 bridgehead atoms. The number of halogens is 1. The Hall–Kier alpha value is -2.74. The topological polar surface area (TPSA) is 68.0 Å². The number of nitrogens with zero attached hydrogens (tertiary/aromatic N) is 5. The lowest BCUT2D eigenvalue weighted by Gasteiger charge is -2.21. The SMILES string of the molecule is Cc1nn(C)c2cnn(CCC(=O)NC(CCN(C)C)c3ccc(F)cc3)c12. The average Bonchev–Trinajstić information content (AvgIpc) is 3.19. The number of carbonyl (C=O) groups excluding carboxylic acids is 1. The molecule has 0 fully saturated rings. The highest BCUT2D eigenvalue weighted by atomic mass is 19.1. The molecule has 0 radical (unpaired) electrons. The van der Waals surface area contributed by atoms with Crippen LogP contribution in [0.5, 0.6) is 0 Å². The minimum atomic E-state index is -0.282. The van der Waals surface area contributed by atoms with Crippen molar-refractivity contribution < 1.29 is 9.18 Å². The Morgan fingerprint density at radius 3 is 2.68 bits per heavy atom. The number of aromatic nitrogens is 4. The first-order valence-electron chi connectivity index (χ1n) is 9.40. The summed E-state index contributed by atoms with van der Waals surface area (Å²) in [6.45, 7) is 3.23. The first-order valence-corrected chi connectivity index (χ1v) is 9.40. The summed E-state index contributed by atoms with van der Waals surface area (Å²) < 4.78 is 16.9. The van der Waals surface area contributed by atoms with Crippen LogP contribution in [0.4, 0.5) is 4.39 Å². The van der Waals surface area contributed by atoms with Crippen molar-refractivity contribution in [3.8, 4) is 0 Å². The van der Waals surface area contributed by atoms with E-state index >= 15 is 0 Å². The van der Waals surface area contributed by atoms with E-state index in [2.05, 4.69) is 20.4 Å². The summed E-state index contributed by atoms with van der Waals surface area (Å²) in [5.74, 6) is -0.339. The van der Waals surface area contributed by atoms with E-state index in [1.54, 1.807) is 23.0 Å². The molecule has 1 N–H and O–H groups in total. The second-order valence-corrected chi connectivity index (χ2v) is 7.32. The molecule has 2 heterocycles. The summed E-state index contributed by atoms with van der Waals surface area (Å²) in [6.07, 6.45) is 2.83. The monoisotopic (exact) mass is 386 g/mol. The molecule has 3 aromatic rings. The second-order valence-electron chi connectivity index (χ2n) is 7.32. The molecule has 1 aromatic carbocycles. The van der Waals surface area contributed by atoms with Crippen LogP contribution in [0.2, 0.25) is 0 Å². The van der Waals surface area contributed by atoms with Crippen molar-refractivity contribution in [2.45, 2.75) is 32.4 Å². The molecule has 0 aliphatic heterocycles. The smallest absolute Gasteiger partial charge is 0.222 e. The normalized spacial score (nSPS) is 12.6. The number of fused-ring (bicyclic) bond motifs is 1. The van der Waals surface area contributed by atoms with Crippen LogP contribution in [0.3, 0.4) is 0 Å². The van der Waals surface area contributed by atoms with Crippen LogP contribution in [0.15, 0.2) is 30.5 Å². The van der Waals surface area contributed by atoms with Crippen LogP contribution in [-0.4, -0.2) is 51.0 Å². The predicted octanol–water partition coefficient (Wildman–Crippen LogP) is 2.42. The highest BCUT2D eigenvalue weighted by molar-refractivity contribution is 5.79. The third-order valence-electron chi connectivity index (χ3n) is 4.83. The molecule has 0 saturated heterocycles.